The molecule has 0 aromatic heterocycles. The van der Waals surface area contributed by atoms with Gasteiger partial charge < -0.3 is 9.64 Å². The smallest absolute Gasteiger partial charge is 0.209 e. The highest BCUT2D eigenvalue weighted by molar-refractivity contribution is 5.47. The number of piperazine rings is 1. The summed E-state index contributed by atoms with van der Waals surface area (Å²) in [6, 6.07) is 0. The topological polar surface area (TPSA) is 32.8 Å². The third kappa shape index (κ3) is 2.79. The summed E-state index contributed by atoms with van der Waals surface area (Å²) in [7, 11) is 1.71. The molecular weight excluding hydrogens is 156 g/mol. The van der Waals surface area contributed by atoms with Crippen LogP contribution in [0.1, 0.15) is 0 Å². The van der Waals surface area contributed by atoms with Gasteiger partial charge in [0, 0.05) is 39.8 Å². The molecule has 1 rings (SSSR count). The van der Waals surface area contributed by atoms with E-state index in [9.17, 15) is 4.79 Å². The van der Waals surface area contributed by atoms with Crippen molar-refractivity contribution >= 4 is 6.41 Å². The summed E-state index contributed by atoms with van der Waals surface area (Å²) < 4.78 is 4.97. The lowest BCUT2D eigenvalue weighted by Gasteiger charge is -2.32. The molecule has 1 fully saturated rings. The quantitative estimate of drug-likeness (QED) is 0.531. The molecule has 0 atom stereocenters. The number of hydrogen-bond donors (Lipinski definition) is 0. The lowest BCUT2D eigenvalue weighted by Crippen LogP contribution is -2.46. The van der Waals surface area contributed by atoms with E-state index in [1.165, 1.54) is 0 Å². The summed E-state index contributed by atoms with van der Waals surface area (Å²) in [5.41, 5.74) is 0. The van der Waals surface area contributed by atoms with Crippen molar-refractivity contribution in [3.8, 4) is 0 Å². The van der Waals surface area contributed by atoms with Gasteiger partial charge in [0.2, 0.25) is 6.41 Å². The fraction of sp³-hybridized carbons (Fsp3) is 0.875. The summed E-state index contributed by atoms with van der Waals surface area (Å²) in [5, 5.41) is 0. The number of rotatable bonds is 4. The van der Waals surface area contributed by atoms with E-state index in [1.54, 1.807) is 7.11 Å². The number of amides is 1. The zero-order valence-corrected chi connectivity index (χ0v) is 7.53. The van der Waals surface area contributed by atoms with Gasteiger partial charge in [0.1, 0.15) is 0 Å². The van der Waals surface area contributed by atoms with Gasteiger partial charge in [0.15, 0.2) is 0 Å². The lowest BCUT2D eigenvalue weighted by molar-refractivity contribution is -0.119. The minimum Gasteiger partial charge on any atom is -0.383 e. The first-order valence-electron chi connectivity index (χ1n) is 4.27. The summed E-state index contributed by atoms with van der Waals surface area (Å²) in [6.07, 6.45) is 0.924. The van der Waals surface area contributed by atoms with Crippen LogP contribution in [0.3, 0.4) is 0 Å². The SMILES string of the molecule is COCCN1CCN(C=O)CC1. The first kappa shape index (κ1) is 9.48. The van der Waals surface area contributed by atoms with E-state index in [0.717, 1.165) is 45.7 Å². The second-order valence-corrected chi connectivity index (χ2v) is 2.98. The van der Waals surface area contributed by atoms with E-state index < -0.39 is 0 Å². The molecule has 1 amide bonds. The van der Waals surface area contributed by atoms with Crippen LogP contribution in [0.15, 0.2) is 0 Å². The van der Waals surface area contributed by atoms with Crippen LogP contribution >= 0.6 is 0 Å². The first-order chi connectivity index (χ1) is 5.86. The van der Waals surface area contributed by atoms with Crippen molar-refractivity contribution in [2.45, 2.75) is 0 Å². The fourth-order valence-corrected chi connectivity index (χ4v) is 1.31. The molecule has 4 nitrogen and oxygen atoms in total. The second kappa shape index (κ2) is 5.11. The van der Waals surface area contributed by atoms with Crippen molar-refractivity contribution in [1.82, 2.24) is 9.80 Å². The molecule has 0 N–H and O–H groups in total. The molecule has 1 aliphatic rings. The van der Waals surface area contributed by atoms with Gasteiger partial charge >= 0.3 is 0 Å². The molecule has 0 unspecified atom stereocenters. The Kier molecular flexibility index (Phi) is 4.04. The molecule has 0 bridgehead atoms. The minimum atomic E-state index is 0.779. The predicted molar refractivity (Wildman–Crippen MR) is 46.0 cm³/mol. The average Bonchev–Trinajstić information content (AvgIpc) is 2.15. The van der Waals surface area contributed by atoms with Crippen LogP contribution in [0.4, 0.5) is 0 Å². The molecule has 0 radical (unpaired) electrons. The molecule has 70 valence electrons. The molecule has 0 aromatic carbocycles. The van der Waals surface area contributed by atoms with E-state index in [1.807, 2.05) is 4.90 Å². The minimum absolute atomic E-state index is 0.779. The van der Waals surface area contributed by atoms with Gasteiger partial charge in [-0.05, 0) is 0 Å². The Bertz CT molecular complexity index is 133. The number of hydrogen-bond acceptors (Lipinski definition) is 3. The summed E-state index contributed by atoms with van der Waals surface area (Å²) in [4.78, 5) is 14.5. The Morgan fingerprint density at radius 1 is 1.33 bits per heavy atom. The Labute approximate surface area is 73.1 Å². The van der Waals surface area contributed by atoms with Gasteiger partial charge in [-0.3, -0.25) is 9.69 Å². The first-order valence-corrected chi connectivity index (χ1v) is 4.27. The van der Waals surface area contributed by atoms with Gasteiger partial charge in [-0.25, -0.2) is 0 Å². The van der Waals surface area contributed by atoms with Crippen LogP contribution in [0, 0.1) is 0 Å². The predicted octanol–water partition coefficient (Wildman–Crippen LogP) is -0.593. The maximum Gasteiger partial charge on any atom is 0.209 e. The highest BCUT2D eigenvalue weighted by Gasteiger charge is 2.13. The van der Waals surface area contributed by atoms with Crippen LogP contribution in [-0.2, 0) is 9.53 Å². The van der Waals surface area contributed by atoms with Crippen LogP contribution in [0.2, 0.25) is 0 Å². The maximum atomic E-state index is 10.4. The number of ether oxygens (including phenoxy) is 1. The molecule has 0 aromatic rings. The summed E-state index contributed by atoms with van der Waals surface area (Å²) >= 11 is 0. The van der Waals surface area contributed by atoms with Crippen molar-refractivity contribution in [1.29, 1.82) is 0 Å². The number of nitrogens with zero attached hydrogens (tertiary/aromatic N) is 2. The van der Waals surface area contributed by atoms with Crippen molar-refractivity contribution < 1.29 is 9.53 Å². The van der Waals surface area contributed by atoms with Crippen LogP contribution in [0.5, 0.6) is 0 Å². The van der Waals surface area contributed by atoms with E-state index >= 15 is 0 Å². The van der Waals surface area contributed by atoms with Crippen LogP contribution in [0.25, 0.3) is 0 Å². The van der Waals surface area contributed by atoms with E-state index in [0.29, 0.717) is 0 Å². The van der Waals surface area contributed by atoms with Crippen LogP contribution < -0.4 is 0 Å². The van der Waals surface area contributed by atoms with Gasteiger partial charge in [-0.15, -0.1) is 0 Å². The van der Waals surface area contributed by atoms with Crippen molar-refractivity contribution in [3.05, 3.63) is 0 Å². The van der Waals surface area contributed by atoms with Crippen molar-refractivity contribution in [3.63, 3.8) is 0 Å². The fourth-order valence-electron chi connectivity index (χ4n) is 1.31. The van der Waals surface area contributed by atoms with E-state index in [-0.39, 0.29) is 0 Å². The number of carbonyl (C=O) groups excluding carboxylic acids is 1. The third-order valence-corrected chi connectivity index (χ3v) is 2.17. The third-order valence-electron chi connectivity index (χ3n) is 2.17. The van der Waals surface area contributed by atoms with Gasteiger partial charge in [0.25, 0.3) is 0 Å². The Hall–Kier alpha value is -0.610. The highest BCUT2D eigenvalue weighted by Crippen LogP contribution is 1.98. The Morgan fingerprint density at radius 2 is 2.00 bits per heavy atom. The standard InChI is InChI=1S/C8H16N2O2/c1-12-7-6-9-2-4-10(8-11)5-3-9/h8H,2-7H2,1H3. The van der Waals surface area contributed by atoms with Gasteiger partial charge in [-0.2, -0.15) is 0 Å². The molecule has 4 heteroatoms. The maximum absolute atomic E-state index is 10.4. The molecule has 1 heterocycles. The van der Waals surface area contributed by atoms with Crippen molar-refractivity contribution in [2.24, 2.45) is 0 Å². The Balaban J connectivity index is 2.12. The molecule has 0 saturated carbocycles. The van der Waals surface area contributed by atoms with Crippen molar-refractivity contribution in [2.75, 3.05) is 46.4 Å². The molecule has 12 heavy (non-hydrogen) atoms. The lowest BCUT2D eigenvalue weighted by atomic mass is 10.3. The van der Waals surface area contributed by atoms with Crippen LogP contribution in [-0.4, -0.2) is 62.7 Å². The summed E-state index contributed by atoms with van der Waals surface area (Å²) in [6.45, 7) is 5.41. The largest absolute Gasteiger partial charge is 0.383 e. The molecule has 0 aliphatic carbocycles. The van der Waals surface area contributed by atoms with Gasteiger partial charge in [-0.1, -0.05) is 0 Å². The zero-order chi connectivity index (χ0) is 8.81. The van der Waals surface area contributed by atoms with E-state index in [4.69, 9.17) is 4.74 Å². The normalized spacial score (nSPS) is 19.6. The highest BCUT2D eigenvalue weighted by atomic mass is 16.5. The van der Waals surface area contributed by atoms with Gasteiger partial charge in [0.05, 0.1) is 6.61 Å². The number of methoxy groups -OCH3 is 1. The molecule has 0 spiro atoms. The Morgan fingerprint density at radius 3 is 2.50 bits per heavy atom. The number of carbonyl (C=O) groups is 1. The molecule has 1 saturated heterocycles. The van der Waals surface area contributed by atoms with E-state index in [2.05, 4.69) is 4.90 Å². The molecular formula is C8H16N2O2. The monoisotopic (exact) mass is 172 g/mol. The average molecular weight is 172 g/mol. The second-order valence-electron chi connectivity index (χ2n) is 2.98. The zero-order valence-electron chi connectivity index (χ0n) is 7.53. The molecule has 1 aliphatic heterocycles. The summed E-state index contributed by atoms with van der Waals surface area (Å²) in [5.74, 6) is 0.